The molecule has 8 nitrogen and oxygen atoms in total. The summed E-state index contributed by atoms with van der Waals surface area (Å²) >= 11 is 0. The number of carboxylic acids is 1. The second kappa shape index (κ2) is 11.7. The zero-order valence-electron chi connectivity index (χ0n) is 19.7. The highest BCUT2D eigenvalue weighted by atomic mass is 19.1. The number of aromatic nitrogens is 2. The van der Waals surface area contributed by atoms with Gasteiger partial charge in [0.2, 0.25) is 0 Å². The van der Waals surface area contributed by atoms with E-state index in [4.69, 9.17) is 5.11 Å². The largest absolute Gasteiger partial charge is 0.481 e. The molecule has 3 aromatic rings. The number of halogens is 1. The van der Waals surface area contributed by atoms with Gasteiger partial charge in [0.1, 0.15) is 11.6 Å². The Hall–Kier alpha value is -3.56. The van der Waals surface area contributed by atoms with E-state index in [1.807, 2.05) is 36.6 Å². The van der Waals surface area contributed by atoms with Gasteiger partial charge in [0.15, 0.2) is 5.69 Å². The summed E-state index contributed by atoms with van der Waals surface area (Å²) in [5, 5.41) is 32.0. The number of hydrogen-bond donors (Lipinski definition) is 4. The number of anilines is 1. The van der Waals surface area contributed by atoms with Gasteiger partial charge in [-0.3, -0.25) is 9.59 Å². The summed E-state index contributed by atoms with van der Waals surface area (Å²) in [6.45, 7) is 4.11. The van der Waals surface area contributed by atoms with Crippen molar-refractivity contribution in [3.63, 3.8) is 0 Å². The molecule has 0 aliphatic carbocycles. The Morgan fingerprint density at radius 1 is 1.03 bits per heavy atom. The predicted octanol–water partition coefficient (Wildman–Crippen LogP) is 4.04. The smallest absolute Gasteiger partial charge is 0.305 e. The quantitative estimate of drug-likeness (QED) is 0.326. The predicted molar refractivity (Wildman–Crippen MR) is 130 cm³/mol. The standard InChI is InChI=1S/C26H30FN3O5/c1-16(2)24-23(26(35)28-19-6-4-3-5-7-19)29-25(17-8-10-18(27)11-9-17)30(24)13-12-20(31)14-21(32)15-22(33)34/h3-11,16,20-21,31-32H,12-15H2,1-2H3,(H,28,35)(H,33,34)/t20-,21-/m1/s1. The number of aliphatic hydroxyl groups excluding tert-OH is 2. The fraction of sp³-hybridized carbons (Fsp3) is 0.346. The summed E-state index contributed by atoms with van der Waals surface area (Å²) in [4.78, 5) is 28.6. The van der Waals surface area contributed by atoms with Crippen LogP contribution in [0.25, 0.3) is 11.4 Å². The van der Waals surface area contributed by atoms with Gasteiger partial charge >= 0.3 is 5.97 Å². The van der Waals surface area contributed by atoms with Gasteiger partial charge in [-0.25, -0.2) is 9.37 Å². The van der Waals surface area contributed by atoms with Crippen LogP contribution < -0.4 is 5.32 Å². The number of imidazole rings is 1. The molecule has 0 saturated heterocycles. The van der Waals surface area contributed by atoms with Crippen molar-refractivity contribution < 1.29 is 29.3 Å². The summed E-state index contributed by atoms with van der Waals surface area (Å²) < 4.78 is 15.4. The van der Waals surface area contributed by atoms with Crippen molar-refractivity contribution in [1.29, 1.82) is 0 Å². The van der Waals surface area contributed by atoms with Crippen LogP contribution in [0.3, 0.4) is 0 Å². The Labute approximate surface area is 203 Å². The molecule has 0 radical (unpaired) electrons. The van der Waals surface area contributed by atoms with Gasteiger partial charge in [0, 0.05) is 17.8 Å². The topological polar surface area (TPSA) is 125 Å². The Morgan fingerprint density at radius 2 is 1.69 bits per heavy atom. The molecular weight excluding hydrogens is 453 g/mol. The highest BCUT2D eigenvalue weighted by Crippen LogP contribution is 2.29. The van der Waals surface area contributed by atoms with Crippen LogP contribution in [-0.2, 0) is 11.3 Å². The van der Waals surface area contributed by atoms with Gasteiger partial charge < -0.3 is 25.2 Å². The molecule has 1 amide bonds. The fourth-order valence-corrected chi connectivity index (χ4v) is 3.97. The molecule has 0 saturated carbocycles. The molecule has 1 aromatic heterocycles. The van der Waals surface area contributed by atoms with Crippen molar-refractivity contribution in [1.82, 2.24) is 9.55 Å². The average molecular weight is 484 g/mol. The van der Waals surface area contributed by atoms with Crippen LogP contribution in [0.4, 0.5) is 10.1 Å². The summed E-state index contributed by atoms with van der Waals surface area (Å²) in [7, 11) is 0. The molecule has 3 rings (SSSR count). The molecule has 0 aliphatic rings. The zero-order valence-corrected chi connectivity index (χ0v) is 19.7. The van der Waals surface area contributed by atoms with E-state index in [1.165, 1.54) is 12.1 Å². The minimum atomic E-state index is -1.17. The second-order valence-electron chi connectivity index (χ2n) is 8.73. The molecule has 9 heteroatoms. The van der Waals surface area contributed by atoms with E-state index < -0.39 is 30.4 Å². The number of carbonyl (C=O) groups excluding carboxylic acids is 1. The third-order valence-corrected chi connectivity index (χ3v) is 5.54. The first-order chi connectivity index (χ1) is 16.7. The van der Waals surface area contributed by atoms with Crippen LogP contribution in [0.2, 0.25) is 0 Å². The third kappa shape index (κ3) is 6.97. The van der Waals surface area contributed by atoms with Gasteiger partial charge in [-0.2, -0.15) is 0 Å². The number of carboxylic acid groups (broad SMARTS) is 1. The van der Waals surface area contributed by atoms with E-state index in [9.17, 15) is 24.2 Å². The van der Waals surface area contributed by atoms with Crippen molar-refractivity contribution >= 4 is 17.6 Å². The summed E-state index contributed by atoms with van der Waals surface area (Å²) in [6, 6.07) is 14.8. The molecule has 0 aliphatic heterocycles. The van der Waals surface area contributed by atoms with Crippen LogP contribution in [0.5, 0.6) is 0 Å². The molecular formula is C26H30FN3O5. The lowest BCUT2D eigenvalue weighted by Gasteiger charge is -2.18. The molecule has 0 spiro atoms. The number of nitrogens with one attached hydrogen (secondary N) is 1. The van der Waals surface area contributed by atoms with Gasteiger partial charge in [-0.05, 0) is 55.2 Å². The lowest BCUT2D eigenvalue weighted by Crippen LogP contribution is -2.22. The maximum absolute atomic E-state index is 13.6. The first kappa shape index (κ1) is 26.1. The normalized spacial score (nSPS) is 13.0. The Balaban J connectivity index is 1.95. The number of para-hydroxylation sites is 1. The van der Waals surface area contributed by atoms with E-state index in [-0.39, 0.29) is 36.9 Å². The molecule has 0 bridgehead atoms. The maximum atomic E-state index is 13.6. The monoisotopic (exact) mass is 483 g/mol. The fourth-order valence-electron chi connectivity index (χ4n) is 3.97. The Kier molecular flexibility index (Phi) is 8.73. The molecule has 35 heavy (non-hydrogen) atoms. The molecule has 4 N–H and O–H groups in total. The first-order valence-electron chi connectivity index (χ1n) is 11.5. The van der Waals surface area contributed by atoms with Gasteiger partial charge in [-0.1, -0.05) is 32.0 Å². The van der Waals surface area contributed by atoms with Crippen LogP contribution >= 0.6 is 0 Å². The number of aliphatic carboxylic acids is 1. The third-order valence-electron chi connectivity index (χ3n) is 5.54. The van der Waals surface area contributed by atoms with E-state index >= 15 is 0 Å². The van der Waals surface area contributed by atoms with Gasteiger partial charge in [0.05, 0.1) is 24.3 Å². The SMILES string of the molecule is CC(C)c1c(C(=O)Nc2ccccc2)nc(-c2ccc(F)cc2)n1CC[C@@H](O)C[C@@H](O)CC(=O)O. The summed E-state index contributed by atoms with van der Waals surface area (Å²) in [5.74, 6) is -1.59. The van der Waals surface area contributed by atoms with Gasteiger partial charge in [0.25, 0.3) is 5.91 Å². The number of rotatable bonds is 11. The van der Waals surface area contributed by atoms with Crippen LogP contribution in [0.15, 0.2) is 54.6 Å². The van der Waals surface area contributed by atoms with Gasteiger partial charge in [-0.15, -0.1) is 0 Å². The van der Waals surface area contributed by atoms with Crippen molar-refractivity contribution in [3.05, 3.63) is 71.8 Å². The van der Waals surface area contributed by atoms with Crippen molar-refractivity contribution in [3.8, 4) is 11.4 Å². The van der Waals surface area contributed by atoms with E-state index in [0.717, 1.165) is 0 Å². The lowest BCUT2D eigenvalue weighted by molar-refractivity contribution is -0.139. The van der Waals surface area contributed by atoms with E-state index in [0.29, 0.717) is 22.8 Å². The minimum Gasteiger partial charge on any atom is -0.481 e. The highest BCUT2D eigenvalue weighted by Gasteiger charge is 2.26. The second-order valence-corrected chi connectivity index (χ2v) is 8.73. The Bertz CT molecular complexity index is 1150. The molecule has 0 fully saturated rings. The van der Waals surface area contributed by atoms with Crippen LogP contribution in [0, 0.1) is 5.82 Å². The summed E-state index contributed by atoms with van der Waals surface area (Å²) in [6.07, 6.45) is -2.48. The van der Waals surface area contributed by atoms with E-state index in [2.05, 4.69) is 10.3 Å². The Morgan fingerprint density at radius 3 is 2.29 bits per heavy atom. The number of hydrogen-bond acceptors (Lipinski definition) is 5. The molecule has 2 atom stereocenters. The van der Waals surface area contributed by atoms with Crippen molar-refractivity contribution in [2.24, 2.45) is 0 Å². The lowest BCUT2D eigenvalue weighted by atomic mass is 10.0. The number of carbonyl (C=O) groups is 2. The molecule has 2 aromatic carbocycles. The molecule has 186 valence electrons. The average Bonchev–Trinajstić information content (AvgIpc) is 3.18. The zero-order chi connectivity index (χ0) is 25.5. The van der Waals surface area contributed by atoms with Crippen LogP contribution in [-0.4, -0.2) is 49.0 Å². The van der Waals surface area contributed by atoms with E-state index in [1.54, 1.807) is 24.3 Å². The van der Waals surface area contributed by atoms with Crippen molar-refractivity contribution in [2.75, 3.05) is 5.32 Å². The minimum absolute atomic E-state index is 0.0920. The number of nitrogens with zero attached hydrogens (tertiary/aromatic N) is 2. The highest BCUT2D eigenvalue weighted by molar-refractivity contribution is 6.04. The molecule has 0 unspecified atom stereocenters. The molecule has 1 heterocycles. The summed E-state index contributed by atoms with van der Waals surface area (Å²) in [5.41, 5.74) is 2.10. The number of aliphatic hydroxyl groups is 2. The van der Waals surface area contributed by atoms with Crippen LogP contribution in [0.1, 0.15) is 55.2 Å². The number of amides is 1. The number of benzene rings is 2. The first-order valence-corrected chi connectivity index (χ1v) is 11.5. The van der Waals surface area contributed by atoms with Crippen molar-refractivity contribution in [2.45, 2.75) is 57.8 Å². The maximum Gasteiger partial charge on any atom is 0.305 e.